The molecule has 1 unspecified atom stereocenters. The van der Waals surface area contributed by atoms with E-state index in [1.165, 1.54) is 0 Å². The lowest BCUT2D eigenvalue weighted by Gasteiger charge is -2.23. The Morgan fingerprint density at radius 1 is 1.35 bits per heavy atom. The average molecular weight is 380 g/mol. The summed E-state index contributed by atoms with van der Waals surface area (Å²) in [5.74, 6) is -0.301. The Labute approximate surface area is 159 Å². The van der Waals surface area contributed by atoms with Gasteiger partial charge >= 0.3 is 0 Å². The third kappa shape index (κ3) is 4.41. The Hall–Kier alpha value is -1.96. The van der Waals surface area contributed by atoms with Crippen LogP contribution in [-0.4, -0.2) is 45.6 Å². The van der Waals surface area contributed by atoms with Crippen LogP contribution >= 0.6 is 12.4 Å². The van der Waals surface area contributed by atoms with Crippen molar-refractivity contribution in [3.8, 4) is 0 Å². The fourth-order valence-electron chi connectivity index (χ4n) is 3.29. The van der Waals surface area contributed by atoms with E-state index in [1.54, 1.807) is 0 Å². The van der Waals surface area contributed by atoms with E-state index in [0.717, 1.165) is 42.8 Å². The van der Waals surface area contributed by atoms with Crippen molar-refractivity contribution in [1.29, 1.82) is 0 Å². The number of hydrogen-bond acceptors (Lipinski definition) is 5. The number of carbonyl (C=O) groups excluding carboxylic acids is 1. The third-order valence-corrected chi connectivity index (χ3v) is 4.80. The summed E-state index contributed by atoms with van der Waals surface area (Å²) in [6.45, 7) is 5.86. The predicted octanol–water partition coefficient (Wildman–Crippen LogP) is 1.70. The highest BCUT2D eigenvalue weighted by molar-refractivity contribution is 5.93. The quantitative estimate of drug-likeness (QED) is 0.735. The van der Waals surface area contributed by atoms with E-state index in [1.807, 2.05) is 42.8 Å². The number of hydrogen-bond donors (Lipinski definition) is 3. The van der Waals surface area contributed by atoms with Gasteiger partial charge in [0.05, 0.1) is 17.8 Å². The molecule has 1 fully saturated rings. The number of amides is 1. The highest BCUT2D eigenvalue weighted by Gasteiger charge is 2.23. The van der Waals surface area contributed by atoms with Crippen molar-refractivity contribution in [2.75, 3.05) is 19.6 Å². The first-order valence-corrected chi connectivity index (χ1v) is 8.72. The van der Waals surface area contributed by atoms with Crippen LogP contribution in [0.1, 0.15) is 52.3 Å². The first-order chi connectivity index (χ1) is 12.1. The van der Waals surface area contributed by atoms with Gasteiger partial charge in [-0.1, -0.05) is 29.5 Å². The number of carbonyl (C=O) groups is 1. The van der Waals surface area contributed by atoms with E-state index in [-0.39, 0.29) is 30.9 Å². The van der Waals surface area contributed by atoms with Crippen LogP contribution in [0.2, 0.25) is 0 Å². The molecular formula is C18H26ClN5O2. The Balaban J connectivity index is 0.00000243. The Bertz CT molecular complexity index is 743. The minimum Gasteiger partial charge on any atom is -0.387 e. The fraction of sp³-hybridized carbons (Fsp3) is 0.500. The van der Waals surface area contributed by atoms with E-state index in [4.69, 9.17) is 0 Å². The van der Waals surface area contributed by atoms with Crippen molar-refractivity contribution in [1.82, 2.24) is 25.6 Å². The molecule has 0 aliphatic carbocycles. The number of piperidine rings is 1. The van der Waals surface area contributed by atoms with Crippen LogP contribution in [0.5, 0.6) is 0 Å². The summed E-state index contributed by atoms with van der Waals surface area (Å²) < 4.78 is 1.85. The SMILES string of the molecule is Cc1ccccc1C(O)CNC(=O)c1nnn(C2CCNCC2)c1C.Cl. The molecule has 1 aliphatic rings. The topological polar surface area (TPSA) is 92.1 Å². The Morgan fingerprint density at radius 2 is 2.04 bits per heavy atom. The van der Waals surface area contributed by atoms with Crippen LogP contribution in [-0.2, 0) is 0 Å². The molecule has 1 atom stereocenters. The number of nitrogens with zero attached hydrogens (tertiary/aromatic N) is 3. The van der Waals surface area contributed by atoms with Crippen molar-refractivity contribution < 1.29 is 9.90 Å². The van der Waals surface area contributed by atoms with Crippen LogP contribution in [0, 0.1) is 13.8 Å². The van der Waals surface area contributed by atoms with Gasteiger partial charge in [-0.3, -0.25) is 4.79 Å². The first-order valence-electron chi connectivity index (χ1n) is 8.72. The second-order valence-electron chi connectivity index (χ2n) is 6.53. The van der Waals surface area contributed by atoms with Gasteiger partial charge in [-0.15, -0.1) is 17.5 Å². The van der Waals surface area contributed by atoms with E-state index >= 15 is 0 Å². The minimum absolute atomic E-state index is 0. The van der Waals surface area contributed by atoms with Crippen molar-refractivity contribution in [2.24, 2.45) is 0 Å². The molecule has 0 spiro atoms. The van der Waals surface area contributed by atoms with Gasteiger partial charge in [0.1, 0.15) is 0 Å². The van der Waals surface area contributed by atoms with Gasteiger partial charge in [0.25, 0.3) is 5.91 Å². The standard InChI is InChI=1S/C18H25N5O2.ClH/c1-12-5-3-4-6-15(12)16(24)11-20-18(25)17-13(2)23(22-21-17)14-7-9-19-10-8-14;/h3-6,14,16,19,24H,7-11H2,1-2H3,(H,20,25);1H. The maximum Gasteiger partial charge on any atom is 0.273 e. The highest BCUT2D eigenvalue weighted by Crippen LogP contribution is 2.20. The molecule has 8 heteroatoms. The fourth-order valence-corrected chi connectivity index (χ4v) is 3.29. The van der Waals surface area contributed by atoms with Crippen LogP contribution in [0.15, 0.2) is 24.3 Å². The smallest absolute Gasteiger partial charge is 0.273 e. The summed E-state index contributed by atoms with van der Waals surface area (Å²) >= 11 is 0. The van der Waals surface area contributed by atoms with Crippen molar-refractivity contribution in [3.63, 3.8) is 0 Å². The summed E-state index contributed by atoms with van der Waals surface area (Å²) in [5.41, 5.74) is 2.92. The molecule has 0 saturated carbocycles. The zero-order chi connectivity index (χ0) is 17.8. The lowest BCUT2D eigenvalue weighted by Crippen LogP contribution is -2.31. The van der Waals surface area contributed by atoms with Gasteiger partial charge in [-0.25, -0.2) is 4.68 Å². The van der Waals surface area contributed by atoms with Crippen LogP contribution < -0.4 is 10.6 Å². The molecule has 0 radical (unpaired) electrons. The molecule has 1 aromatic heterocycles. The average Bonchev–Trinajstić information content (AvgIpc) is 3.02. The molecule has 26 heavy (non-hydrogen) atoms. The number of aromatic nitrogens is 3. The predicted molar refractivity (Wildman–Crippen MR) is 102 cm³/mol. The number of aliphatic hydroxyl groups is 1. The van der Waals surface area contributed by atoms with E-state index < -0.39 is 6.10 Å². The van der Waals surface area contributed by atoms with E-state index in [9.17, 15) is 9.90 Å². The van der Waals surface area contributed by atoms with Crippen molar-refractivity contribution >= 4 is 18.3 Å². The molecule has 2 aromatic rings. The number of aryl methyl sites for hydroxylation is 1. The second-order valence-corrected chi connectivity index (χ2v) is 6.53. The molecule has 7 nitrogen and oxygen atoms in total. The minimum atomic E-state index is -0.745. The zero-order valence-corrected chi connectivity index (χ0v) is 15.9. The van der Waals surface area contributed by atoms with Crippen molar-refractivity contribution in [3.05, 3.63) is 46.8 Å². The lowest BCUT2D eigenvalue weighted by molar-refractivity contribution is 0.0910. The molecule has 142 valence electrons. The monoisotopic (exact) mass is 379 g/mol. The van der Waals surface area contributed by atoms with Gasteiger partial charge in [0, 0.05) is 6.54 Å². The summed E-state index contributed by atoms with van der Waals surface area (Å²) in [6.07, 6.45) is 1.22. The van der Waals surface area contributed by atoms with Gasteiger partial charge in [0.15, 0.2) is 5.69 Å². The number of halogens is 1. The van der Waals surface area contributed by atoms with Crippen LogP contribution in [0.25, 0.3) is 0 Å². The molecule has 1 amide bonds. The molecule has 3 N–H and O–H groups in total. The molecule has 0 bridgehead atoms. The molecule has 2 heterocycles. The molecule has 1 aromatic carbocycles. The van der Waals surface area contributed by atoms with Gasteiger partial charge < -0.3 is 15.7 Å². The largest absolute Gasteiger partial charge is 0.387 e. The summed E-state index contributed by atoms with van der Waals surface area (Å²) in [5, 5.41) is 24.6. The summed E-state index contributed by atoms with van der Waals surface area (Å²) in [4.78, 5) is 12.4. The number of aliphatic hydroxyl groups excluding tert-OH is 1. The van der Waals surface area contributed by atoms with E-state index in [2.05, 4.69) is 20.9 Å². The summed E-state index contributed by atoms with van der Waals surface area (Å²) in [7, 11) is 0. The Kier molecular flexibility index (Phi) is 7.14. The Morgan fingerprint density at radius 3 is 2.73 bits per heavy atom. The second kappa shape index (κ2) is 9.12. The normalized spacial score (nSPS) is 16.0. The van der Waals surface area contributed by atoms with Gasteiger partial charge in [-0.2, -0.15) is 0 Å². The number of rotatable bonds is 5. The molecular weight excluding hydrogens is 354 g/mol. The molecule has 1 saturated heterocycles. The maximum absolute atomic E-state index is 12.4. The molecule has 3 rings (SSSR count). The van der Waals surface area contributed by atoms with Crippen LogP contribution in [0.3, 0.4) is 0 Å². The lowest BCUT2D eigenvalue weighted by atomic mass is 10.0. The van der Waals surface area contributed by atoms with E-state index in [0.29, 0.717) is 5.69 Å². The zero-order valence-electron chi connectivity index (χ0n) is 15.1. The summed E-state index contributed by atoms with van der Waals surface area (Å²) in [6, 6.07) is 7.89. The van der Waals surface area contributed by atoms with Crippen LogP contribution in [0.4, 0.5) is 0 Å². The first kappa shape index (κ1) is 20.4. The molecule has 1 aliphatic heterocycles. The number of benzene rings is 1. The van der Waals surface area contributed by atoms with Crippen molar-refractivity contribution in [2.45, 2.75) is 38.8 Å². The van der Waals surface area contributed by atoms with Gasteiger partial charge in [-0.05, 0) is 50.9 Å². The maximum atomic E-state index is 12.4. The highest BCUT2D eigenvalue weighted by atomic mass is 35.5. The number of nitrogens with one attached hydrogen (secondary N) is 2. The third-order valence-electron chi connectivity index (χ3n) is 4.80. The van der Waals surface area contributed by atoms with Gasteiger partial charge in [0.2, 0.25) is 0 Å².